The second kappa shape index (κ2) is 8.27. The highest BCUT2D eigenvalue weighted by molar-refractivity contribution is 6.30. The van der Waals surface area contributed by atoms with Crippen LogP contribution in [0.15, 0.2) is 24.3 Å². The Morgan fingerprint density at radius 2 is 1.96 bits per heavy atom. The molecule has 2 heterocycles. The van der Waals surface area contributed by atoms with Crippen molar-refractivity contribution in [2.45, 2.75) is 31.1 Å². The van der Waals surface area contributed by atoms with Crippen LogP contribution in [-0.4, -0.2) is 54.9 Å². The minimum absolute atomic E-state index is 0.180. The van der Waals surface area contributed by atoms with E-state index in [9.17, 15) is 14.7 Å². The second-order valence-electron chi connectivity index (χ2n) is 7.18. The van der Waals surface area contributed by atoms with E-state index in [4.69, 9.17) is 16.3 Å². The fourth-order valence-corrected chi connectivity index (χ4v) is 3.98. The van der Waals surface area contributed by atoms with E-state index < -0.39 is 11.9 Å². The molecule has 26 heavy (non-hydrogen) atoms. The lowest BCUT2D eigenvalue weighted by molar-refractivity contribution is -0.143. The van der Waals surface area contributed by atoms with Crippen LogP contribution in [0.3, 0.4) is 0 Å². The number of nitrogens with zero attached hydrogens (tertiary/aromatic N) is 1. The molecule has 142 valence electrons. The Morgan fingerprint density at radius 3 is 2.62 bits per heavy atom. The van der Waals surface area contributed by atoms with Crippen LogP contribution in [-0.2, 0) is 14.9 Å². The molecule has 0 aromatic heterocycles. The van der Waals surface area contributed by atoms with Crippen molar-refractivity contribution in [1.29, 1.82) is 0 Å². The first-order valence-electron chi connectivity index (χ1n) is 9.10. The van der Waals surface area contributed by atoms with Crippen LogP contribution in [0.5, 0.6) is 0 Å². The lowest BCUT2D eigenvalue weighted by Crippen LogP contribution is -2.51. The summed E-state index contributed by atoms with van der Waals surface area (Å²) in [7, 11) is 0. The van der Waals surface area contributed by atoms with Gasteiger partial charge in [0.15, 0.2) is 0 Å². The number of amides is 2. The topological polar surface area (TPSA) is 78.9 Å². The van der Waals surface area contributed by atoms with E-state index in [-0.39, 0.29) is 18.0 Å². The molecule has 1 unspecified atom stereocenters. The van der Waals surface area contributed by atoms with E-state index >= 15 is 0 Å². The normalized spacial score (nSPS) is 22.7. The van der Waals surface area contributed by atoms with Gasteiger partial charge in [0, 0.05) is 43.3 Å². The van der Waals surface area contributed by atoms with Crippen molar-refractivity contribution in [2.75, 3.05) is 32.8 Å². The van der Waals surface area contributed by atoms with Gasteiger partial charge in [0.1, 0.15) is 0 Å². The van der Waals surface area contributed by atoms with Gasteiger partial charge in [-0.15, -0.1) is 0 Å². The number of benzene rings is 1. The fourth-order valence-electron chi connectivity index (χ4n) is 3.85. The zero-order chi connectivity index (χ0) is 18.6. The second-order valence-corrected chi connectivity index (χ2v) is 7.62. The Labute approximate surface area is 158 Å². The minimum atomic E-state index is -0.829. The first-order chi connectivity index (χ1) is 12.5. The van der Waals surface area contributed by atoms with Crippen LogP contribution in [0.1, 0.15) is 31.2 Å². The van der Waals surface area contributed by atoms with Gasteiger partial charge in [0.25, 0.3) is 0 Å². The summed E-state index contributed by atoms with van der Waals surface area (Å²) >= 11 is 6.02. The van der Waals surface area contributed by atoms with Crippen LogP contribution < -0.4 is 5.32 Å². The van der Waals surface area contributed by atoms with Crippen LogP contribution in [0.4, 0.5) is 4.79 Å². The van der Waals surface area contributed by atoms with E-state index in [1.807, 2.05) is 24.3 Å². The molecule has 0 saturated carbocycles. The van der Waals surface area contributed by atoms with E-state index in [2.05, 4.69) is 5.32 Å². The van der Waals surface area contributed by atoms with Crippen LogP contribution in [0.2, 0.25) is 5.02 Å². The third kappa shape index (κ3) is 4.30. The van der Waals surface area contributed by atoms with Gasteiger partial charge in [0.05, 0.1) is 5.92 Å². The summed E-state index contributed by atoms with van der Waals surface area (Å²) in [6.45, 7) is 2.70. The SMILES string of the molecule is O=C(O)C1CCCN(C(=O)NCC2(c3ccc(Cl)cc3)CCOCC2)C1. The fraction of sp³-hybridized carbons (Fsp3) is 0.579. The van der Waals surface area contributed by atoms with E-state index in [0.29, 0.717) is 37.7 Å². The van der Waals surface area contributed by atoms with Gasteiger partial charge in [-0.25, -0.2) is 4.79 Å². The molecule has 2 saturated heterocycles. The monoisotopic (exact) mass is 380 g/mol. The molecule has 1 atom stereocenters. The number of aliphatic carboxylic acids is 1. The van der Waals surface area contributed by atoms with Crippen molar-refractivity contribution < 1.29 is 19.4 Å². The maximum Gasteiger partial charge on any atom is 0.317 e. The summed E-state index contributed by atoms with van der Waals surface area (Å²) in [5.41, 5.74) is 0.966. The number of piperidine rings is 1. The number of hydrogen-bond donors (Lipinski definition) is 2. The van der Waals surface area contributed by atoms with E-state index in [1.54, 1.807) is 4.90 Å². The molecule has 0 spiro atoms. The molecule has 1 aromatic rings. The van der Waals surface area contributed by atoms with Crippen molar-refractivity contribution >= 4 is 23.6 Å². The quantitative estimate of drug-likeness (QED) is 0.841. The minimum Gasteiger partial charge on any atom is -0.481 e. The maximum atomic E-state index is 12.6. The maximum absolute atomic E-state index is 12.6. The molecule has 1 aromatic carbocycles. The first-order valence-corrected chi connectivity index (χ1v) is 9.47. The van der Waals surface area contributed by atoms with Crippen molar-refractivity contribution in [1.82, 2.24) is 10.2 Å². The van der Waals surface area contributed by atoms with Crippen molar-refractivity contribution in [2.24, 2.45) is 5.92 Å². The number of urea groups is 1. The highest BCUT2D eigenvalue weighted by Crippen LogP contribution is 2.35. The van der Waals surface area contributed by atoms with Crippen LogP contribution >= 0.6 is 11.6 Å². The largest absolute Gasteiger partial charge is 0.481 e. The number of likely N-dealkylation sites (tertiary alicyclic amines) is 1. The molecule has 7 heteroatoms. The standard InChI is InChI=1S/C19H25ClN2O4/c20-16-5-3-15(4-6-16)19(7-10-26-11-8-19)13-21-18(25)22-9-1-2-14(12-22)17(23)24/h3-6,14H,1-2,7-13H2,(H,21,25)(H,23,24). The van der Waals surface area contributed by atoms with E-state index in [0.717, 1.165) is 24.8 Å². The number of hydrogen-bond acceptors (Lipinski definition) is 3. The van der Waals surface area contributed by atoms with Gasteiger partial charge < -0.3 is 20.1 Å². The smallest absolute Gasteiger partial charge is 0.317 e. The summed E-state index contributed by atoms with van der Waals surface area (Å²) < 4.78 is 5.52. The van der Waals surface area contributed by atoms with Crippen molar-refractivity contribution in [3.8, 4) is 0 Å². The molecule has 0 aliphatic carbocycles. The summed E-state index contributed by atoms with van der Waals surface area (Å²) in [6.07, 6.45) is 3.01. The van der Waals surface area contributed by atoms with Gasteiger partial charge in [-0.1, -0.05) is 23.7 Å². The Hall–Kier alpha value is -1.79. The van der Waals surface area contributed by atoms with Gasteiger partial charge in [-0.3, -0.25) is 4.79 Å². The van der Waals surface area contributed by atoms with Crippen molar-refractivity contribution in [3.05, 3.63) is 34.9 Å². The van der Waals surface area contributed by atoms with Crippen molar-refractivity contribution in [3.63, 3.8) is 0 Å². The zero-order valence-electron chi connectivity index (χ0n) is 14.7. The average molecular weight is 381 g/mol. The molecule has 2 aliphatic heterocycles. The molecule has 2 aliphatic rings. The number of carbonyl (C=O) groups excluding carboxylic acids is 1. The lowest BCUT2D eigenvalue weighted by Gasteiger charge is -2.39. The van der Waals surface area contributed by atoms with Gasteiger partial charge in [-0.2, -0.15) is 0 Å². The average Bonchev–Trinajstić information content (AvgIpc) is 2.67. The third-order valence-corrected chi connectivity index (χ3v) is 5.79. The third-order valence-electron chi connectivity index (χ3n) is 5.54. The summed E-state index contributed by atoms with van der Waals surface area (Å²) in [5.74, 6) is -1.30. The summed E-state index contributed by atoms with van der Waals surface area (Å²) in [6, 6.07) is 7.59. The molecule has 0 radical (unpaired) electrons. The van der Waals surface area contributed by atoms with Crippen LogP contribution in [0, 0.1) is 5.92 Å². The molecule has 2 fully saturated rings. The van der Waals surface area contributed by atoms with Gasteiger partial charge in [-0.05, 0) is 43.4 Å². The highest BCUT2D eigenvalue weighted by atomic mass is 35.5. The molecule has 2 N–H and O–H groups in total. The molecule has 2 amide bonds. The molecular formula is C19H25ClN2O4. The number of carboxylic acid groups (broad SMARTS) is 1. The number of rotatable bonds is 4. The lowest BCUT2D eigenvalue weighted by atomic mass is 9.74. The number of halogens is 1. The Balaban J connectivity index is 1.67. The Bertz CT molecular complexity index is 643. The number of carbonyl (C=O) groups is 2. The van der Waals surface area contributed by atoms with Gasteiger partial charge in [0.2, 0.25) is 0 Å². The number of ether oxygens (including phenoxy) is 1. The Kier molecular flexibility index (Phi) is 6.04. The molecule has 3 rings (SSSR count). The van der Waals surface area contributed by atoms with Gasteiger partial charge >= 0.3 is 12.0 Å². The molecule has 6 nitrogen and oxygen atoms in total. The number of carboxylic acids is 1. The van der Waals surface area contributed by atoms with E-state index in [1.165, 1.54) is 0 Å². The molecular weight excluding hydrogens is 356 g/mol. The first kappa shape index (κ1) is 19.0. The summed E-state index contributed by atoms with van der Waals surface area (Å²) in [4.78, 5) is 25.4. The summed E-state index contributed by atoms with van der Waals surface area (Å²) in [5, 5.41) is 12.9. The van der Waals surface area contributed by atoms with Crippen LogP contribution in [0.25, 0.3) is 0 Å². The number of nitrogens with one attached hydrogen (secondary N) is 1. The predicted molar refractivity (Wildman–Crippen MR) is 98.5 cm³/mol. The zero-order valence-corrected chi connectivity index (χ0v) is 15.5. The molecule has 0 bridgehead atoms. The highest BCUT2D eigenvalue weighted by Gasteiger charge is 2.36. The predicted octanol–water partition coefficient (Wildman–Crippen LogP) is 2.89. The Morgan fingerprint density at radius 1 is 1.27 bits per heavy atom.